The van der Waals surface area contributed by atoms with Crippen LogP contribution in [0.3, 0.4) is 0 Å². The zero-order valence-electron chi connectivity index (χ0n) is 13.4. The summed E-state index contributed by atoms with van der Waals surface area (Å²) >= 11 is 0. The molecule has 1 amide bonds. The predicted octanol–water partition coefficient (Wildman–Crippen LogP) is 3.28. The summed E-state index contributed by atoms with van der Waals surface area (Å²) in [4.78, 5) is 12.8. The Labute approximate surface area is 139 Å². The van der Waals surface area contributed by atoms with Crippen LogP contribution in [-0.4, -0.2) is 25.7 Å². The molecule has 3 aromatic rings. The number of furan rings is 1. The van der Waals surface area contributed by atoms with Gasteiger partial charge in [-0.25, -0.2) is 0 Å². The number of hydrogen-bond donors (Lipinski definition) is 2. The molecule has 1 aromatic heterocycles. The van der Waals surface area contributed by atoms with Crippen LogP contribution in [-0.2, 0) is 9.53 Å². The normalized spacial score (nSPS) is 17.2. The smallest absolute Gasteiger partial charge is 0.232 e. The largest absolute Gasteiger partial charge is 0.456 e. The highest BCUT2D eigenvalue weighted by Crippen LogP contribution is 2.33. The fourth-order valence-corrected chi connectivity index (χ4v) is 3.35. The van der Waals surface area contributed by atoms with Gasteiger partial charge >= 0.3 is 0 Å². The van der Waals surface area contributed by atoms with Gasteiger partial charge in [-0.1, -0.05) is 18.2 Å². The van der Waals surface area contributed by atoms with Gasteiger partial charge in [0.25, 0.3) is 0 Å². The number of carbonyl (C=O) groups is 1. The Kier molecular flexibility index (Phi) is 3.75. The van der Waals surface area contributed by atoms with Crippen LogP contribution in [0.4, 0.5) is 5.69 Å². The average Bonchev–Trinajstić information content (AvgIpc) is 3.00. The van der Waals surface area contributed by atoms with Crippen LogP contribution in [0.15, 0.2) is 46.9 Å². The SMILES string of the molecule is NCC1(C(=O)Nc2ccc3c(c2)oc2ccccc23)CCOCC1. The van der Waals surface area contributed by atoms with Crippen molar-refractivity contribution in [3.8, 4) is 0 Å². The first-order valence-electron chi connectivity index (χ1n) is 8.22. The summed E-state index contributed by atoms with van der Waals surface area (Å²) < 4.78 is 11.2. The van der Waals surface area contributed by atoms with E-state index in [2.05, 4.69) is 5.32 Å². The molecule has 4 rings (SSSR count). The highest BCUT2D eigenvalue weighted by molar-refractivity contribution is 6.06. The number of fused-ring (bicyclic) bond motifs is 3. The molecule has 1 aliphatic rings. The summed E-state index contributed by atoms with van der Waals surface area (Å²) in [6.45, 7) is 1.48. The van der Waals surface area contributed by atoms with Crippen molar-refractivity contribution in [2.24, 2.45) is 11.1 Å². The van der Waals surface area contributed by atoms with E-state index in [-0.39, 0.29) is 5.91 Å². The second-order valence-electron chi connectivity index (χ2n) is 6.36. The van der Waals surface area contributed by atoms with Gasteiger partial charge in [0.15, 0.2) is 0 Å². The van der Waals surface area contributed by atoms with Gasteiger partial charge in [-0.05, 0) is 31.0 Å². The number of rotatable bonds is 3. The molecule has 5 heteroatoms. The molecule has 1 saturated heterocycles. The van der Waals surface area contributed by atoms with Crippen molar-refractivity contribution in [3.05, 3.63) is 42.5 Å². The summed E-state index contributed by atoms with van der Waals surface area (Å²) in [7, 11) is 0. The third-order valence-corrected chi connectivity index (χ3v) is 4.96. The molecule has 24 heavy (non-hydrogen) atoms. The second-order valence-corrected chi connectivity index (χ2v) is 6.36. The molecule has 1 fully saturated rings. The first-order chi connectivity index (χ1) is 11.7. The number of ether oxygens (including phenoxy) is 1. The number of benzene rings is 2. The topological polar surface area (TPSA) is 77.5 Å². The standard InChI is InChI=1S/C19H20N2O3/c20-12-19(7-9-23-10-8-19)18(22)21-13-5-6-15-14-3-1-2-4-16(14)24-17(15)11-13/h1-6,11H,7-10,12,20H2,(H,21,22). The van der Waals surface area contributed by atoms with E-state index in [0.717, 1.165) is 27.6 Å². The first kappa shape index (κ1) is 15.2. The Morgan fingerprint density at radius 3 is 2.62 bits per heavy atom. The van der Waals surface area contributed by atoms with Crippen molar-refractivity contribution >= 4 is 33.5 Å². The minimum absolute atomic E-state index is 0.0382. The van der Waals surface area contributed by atoms with Crippen molar-refractivity contribution in [1.29, 1.82) is 0 Å². The van der Waals surface area contributed by atoms with Gasteiger partial charge in [0, 0.05) is 42.3 Å². The van der Waals surface area contributed by atoms with Crippen LogP contribution in [0.1, 0.15) is 12.8 Å². The lowest BCUT2D eigenvalue weighted by Gasteiger charge is -2.34. The highest BCUT2D eigenvalue weighted by Gasteiger charge is 2.38. The number of nitrogens with two attached hydrogens (primary N) is 1. The Morgan fingerprint density at radius 2 is 1.83 bits per heavy atom. The lowest BCUT2D eigenvalue weighted by atomic mass is 9.79. The summed E-state index contributed by atoms with van der Waals surface area (Å²) in [5.41, 5.74) is 7.70. The summed E-state index contributed by atoms with van der Waals surface area (Å²) in [5.74, 6) is -0.0382. The van der Waals surface area contributed by atoms with Crippen molar-refractivity contribution in [2.75, 3.05) is 25.1 Å². The van der Waals surface area contributed by atoms with Crippen LogP contribution in [0.2, 0.25) is 0 Å². The Bertz CT molecular complexity index is 894. The van der Waals surface area contributed by atoms with E-state index >= 15 is 0 Å². The van der Waals surface area contributed by atoms with E-state index < -0.39 is 5.41 Å². The second kappa shape index (κ2) is 5.92. The minimum Gasteiger partial charge on any atom is -0.456 e. The summed E-state index contributed by atoms with van der Waals surface area (Å²) in [6.07, 6.45) is 1.31. The van der Waals surface area contributed by atoms with Gasteiger partial charge in [0.2, 0.25) is 5.91 Å². The predicted molar refractivity (Wildman–Crippen MR) is 93.9 cm³/mol. The number of carbonyl (C=O) groups excluding carboxylic acids is 1. The molecular weight excluding hydrogens is 304 g/mol. The van der Waals surface area contributed by atoms with E-state index in [1.54, 1.807) is 0 Å². The van der Waals surface area contributed by atoms with E-state index in [4.69, 9.17) is 14.9 Å². The molecular formula is C19H20N2O3. The van der Waals surface area contributed by atoms with Gasteiger partial charge in [-0.2, -0.15) is 0 Å². The van der Waals surface area contributed by atoms with E-state index in [1.165, 1.54) is 0 Å². The monoisotopic (exact) mass is 324 g/mol. The lowest BCUT2D eigenvalue weighted by molar-refractivity contribution is -0.130. The average molecular weight is 324 g/mol. The van der Waals surface area contributed by atoms with Gasteiger partial charge in [-0.3, -0.25) is 4.79 Å². The molecule has 124 valence electrons. The zero-order valence-corrected chi connectivity index (χ0v) is 13.4. The van der Waals surface area contributed by atoms with E-state index in [9.17, 15) is 4.79 Å². The zero-order chi connectivity index (χ0) is 16.6. The fraction of sp³-hybridized carbons (Fsp3) is 0.316. The number of amides is 1. The minimum atomic E-state index is -0.541. The van der Waals surface area contributed by atoms with Crippen LogP contribution >= 0.6 is 0 Å². The van der Waals surface area contributed by atoms with Crippen molar-refractivity contribution in [1.82, 2.24) is 0 Å². The molecule has 1 aliphatic heterocycles. The van der Waals surface area contributed by atoms with Crippen LogP contribution in [0, 0.1) is 5.41 Å². The lowest BCUT2D eigenvalue weighted by Crippen LogP contribution is -2.46. The van der Waals surface area contributed by atoms with Gasteiger partial charge in [-0.15, -0.1) is 0 Å². The number of anilines is 1. The molecule has 0 spiro atoms. The maximum absolute atomic E-state index is 12.8. The van der Waals surface area contributed by atoms with Gasteiger partial charge in [0.05, 0.1) is 5.41 Å². The molecule has 0 aliphatic carbocycles. The molecule has 2 heterocycles. The molecule has 3 N–H and O–H groups in total. The summed E-state index contributed by atoms with van der Waals surface area (Å²) in [6, 6.07) is 13.7. The van der Waals surface area contributed by atoms with Crippen LogP contribution in [0.5, 0.6) is 0 Å². The highest BCUT2D eigenvalue weighted by atomic mass is 16.5. The first-order valence-corrected chi connectivity index (χ1v) is 8.22. The molecule has 2 aromatic carbocycles. The van der Waals surface area contributed by atoms with E-state index in [1.807, 2.05) is 42.5 Å². The third kappa shape index (κ3) is 2.46. The molecule has 0 saturated carbocycles. The molecule has 5 nitrogen and oxygen atoms in total. The quantitative estimate of drug-likeness (QED) is 0.775. The van der Waals surface area contributed by atoms with E-state index in [0.29, 0.717) is 32.6 Å². The maximum atomic E-state index is 12.8. The van der Waals surface area contributed by atoms with Gasteiger partial charge in [0.1, 0.15) is 11.2 Å². The Hall–Kier alpha value is -2.37. The maximum Gasteiger partial charge on any atom is 0.232 e. The fourth-order valence-electron chi connectivity index (χ4n) is 3.35. The molecule has 0 unspecified atom stereocenters. The number of hydrogen-bond acceptors (Lipinski definition) is 4. The van der Waals surface area contributed by atoms with Crippen molar-refractivity contribution in [3.63, 3.8) is 0 Å². The number of nitrogens with one attached hydrogen (secondary N) is 1. The third-order valence-electron chi connectivity index (χ3n) is 4.96. The van der Waals surface area contributed by atoms with Gasteiger partial charge < -0.3 is 20.2 Å². The van der Waals surface area contributed by atoms with Crippen LogP contribution in [0.25, 0.3) is 21.9 Å². The van der Waals surface area contributed by atoms with Crippen molar-refractivity contribution < 1.29 is 13.9 Å². The number of para-hydroxylation sites is 1. The summed E-state index contributed by atoms with van der Waals surface area (Å²) in [5, 5.41) is 5.13. The Morgan fingerprint density at radius 1 is 1.08 bits per heavy atom. The molecule has 0 bridgehead atoms. The van der Waals surface area contributed by atoms with Crippen molar-refractivity contribution in [2.45, 2.75) is 12.8 Å². The molecule has 0 radical (unpaired) electrons. The molecule has 0 atom stereocenters. The Balaban J connectivity index is 1.64. The van der Waals surface area contributed by atoms with Crippen LogP contribution < -0.4 is 11.1 Å².